The molecule has 1 aliphatic rings. The van der Waals surface area contributed by atoms with E-state index in [0.717, 1.165) is 37.1 Å². The number of nitrogens with zero attached hydrogens (tertiary/aromatic N) is 2. The summed E-state index contributed by atoms with van der Waals surface area (Å²) in [5, 5.41) is 3.46. The van der Waals surface area contributed by atoms with Crippen molar-refractivity contribution in [1.29, 1.82) is 0 Å². The average Bonchev–Trinajstić information content (AvgIpc) is 2.91. The second-order valence-electron chi connectivity index (χ2n) is 5.38. The van der Waals surface area contributed by atoms with Crippen molar-refractivity contribution in [2.24, 2.45) is 0 Å². The van der Waals surface area contributed by atoms with Crippen molar-refractivity contribution in [1.82, 2.24) is 9.97 Å². The van der Waals surface area contributed by atoms with Crippen molar-refractivity contribution < 1.29 is 4.39 Å². The highest BCUT2D eigenvalue weighted by atomic mass is 19.1. The summed E-state index contributed by atoms with van der Waals surface area (Å²) in [5.74, 6) is 0.769. The van der Waals surface area contributed by atoms with Crippen LogP contribution >= 0.6 is 0 Å². The fourth-order valence-electron chi connectivity index (χ4n) is 2.74. The van der Waals surface area contributed by atoms with Gasteiger partial charge in [-0.25, -0.2) is 14.4 Å². The first-order chi connectivity index (χ1) is 9.72. The molecule has 0 bridgehead atoms. The van der Waals surface area contributed by atoms with Gasteiger partial charge in [-0.15, -0.1) is 0 Å². The van der Waals surface area contributed by atoms with Crippen molar-refractivity contribution >= 4 is 5.82 Å². The molecule has 0 amide bonds. The topological polar surface area (TPSA) is 37.8 Å². The standard InChI is InChI=1S/C16H18FN3/c1-11(9-12-5-7-13(17)8-6-12)20-16-14-3-2-4-15(14)18-10-19-16/h5-8,10-11H,2-4,9H2,1H3,(H,18,19,20). The summed E-state index contributed by atoms with van der Waals surface area (Å²) >= 11 is 0. The molecule has 0 fully saturated rings. The smallest absolute Gasteiger partial charge is 0.133 e. The lowest BCUT2D eigenvalue weighted by molar-refractivity contribution is 0.626. The minimum absolute atomic E-state index is 0.192. The third-order valence-electron chi connectivity index (χ3n) is 3.71. The molecule has 1 aromatic heterocycles. The van der Waals surface area contributed by atoms with Gasteiger partial charge in [-0.3, -0.25) is 0 Å². The lowest BCUT2D eigenvalue weighted by Crippen LogP contribution is -2.20. The van der Waals surface area contributed by atoms with Crippen molar-refractivity contribution in [3.8, 4) is 0 Å². The highest BCUT2D eigenvalue weighted by Gasteiger charge is 2.18. The summed E-state index contributed by atoms with van der Waals surface area (Å²) in [7, 11) is 0. The van der Waals surface area contributed by atoms with Gasteiger partial charge < -0.3 is 5.32 Å². The molecule has 0 aliphatic heterocycles. The van der Waals surface area contributed by atoms with E-state index in [1.807, 2.05) is 12.1 Å². The largest absolute Gasteiger partial charge is 0.367 e. The summed E-state index contributed by atoms with van der Waals surface area (Å²) in [4.78, 5) is 8.69. The van der Waals surface area contributed by atoms with E-state index in [4.69, 9.17) is 0 Å². The van der Waals surface area contributed by atoms with Gasteiger partial charge in [0.1, 0.15) is 18.0 Å². The lowest BCUT2D eigenvalue weighted by Gasteiger charge is -2.16. The third-order valence-corrected chi connectivity index (χ3v) is 3.71. The number of anilines is 1. The van der Waals surface area contributed by atoms with E-state index in [2.05, 4.69) is 22.2 Å². The fraction of sp³-hybridized carbons (Fsp3) is 0.375. The first kappa shape index (κ1) is 13.0. The van der Waals surface area contributed by atoms with E-state index >= 15 is 0 Å². The number of hydrogen-bond donors (Lipinski definition) is 1. The first-order valence-corrected chi connectivity index (χ1v) is 7.06. The van der Waals surface area contributed by atoms with Crippen LogP contribution in [0, 0.1) is 5.82 Å². The molecule has 1 aliphatic carbocycles. The maximum atomic E-state index is 12.9. The van der Waals surface area contributed by atoms with Gasteiger partial charge in [0, 0.05) is 17.3 Å². The van der Waals surface area contributed by atoms with Crippen LogP contribution in [0.3, 0.4) is 0 Å². The second kappa shape index (κ2) is 5.57. The number of aromatic nitrogens is 2. The van der Waals surface area contributed by atoms with Crippen LogP contribution in [0.4, 0.5) is 10.2 Å². The number of rotatable bonds is 4. The van der Waals surface area contributed by atoms with Gasteiger partial charge in [0.05, 0.1) is 0 Å². The molecular weight excluding hydrogens is 253 g/mol. The van der Waals surface area contributed by atoms with Crippen LogP contribution in [0.15, 0.2) is 30.6 Å². The fourth-order valence-corrected chi connectivity index (χ4v) is 2.74. The summed E-state index contributed by atoms with van der Waals surface area (Å²) in [6.45, 7) is 2.12. The second-order valence-corrected chi connectivity index (χ2v) is 5.38. The SMILES string of the molecule is CC(Cc1ccc(F)cc1)Nc1ncnc2c1CCC2. The van der Waals surface area contributed by atoms with Crippen molar-refractivity contribution in [3.63, 3.8) is 0 Å². The van der Waals surface area contributed by atoms with Crippen LogP contribution in [0.2, 0.25) is 0 Å². The van der Waals surface area contributed by atoms with Crippen LogP contribution in [-0.2, 0) is 19.3 Å². The first-order valence-electron chi connectivity index (χ1n) is 7.06. The molecule has 3 rings (SSSR count). The zero-order valence-electron chi connectivity index (χ0n) is 11.6. The number of hydrogen-bond acceptors (Lipinski definition) is 3. The zero-order valence-corrected chi connectivity index (χ0v) is 11.6. The van der Waals surface area contributed by atoms with Gasteiger partial charge in [-0.05, 0) is 50.3 Å². The van der Waals surface area contributed by atoms with E-state index in [9.17, 15) is 4.39 Å². The normalized spacial score (nSPS) is 14.9. The number of halogens is 1. The minimum Gasteiger partial charge on any atom is -0.367 e. The maximum absolute atomic E-state index is 12.9. The van der Waals surface area contributed by atoms with E-state index in [0.29, 0.717) is 0 Å². The molecular formula is C16H18FN3. The van der Waals surface area contributed by atoms with Crippen molar-refractivity contribution in [2.75, 3.05) is 5.32 Å². The Morgan fingerprint density at radius 3 is 2.80 bits per heavy atom. The molecule has 0 saturated carbocycles. The molecule has 2 aromatic rings. The monoisotopic (exact) mass is 271 g/mol. The molecule has 0 spiro atoms. The van der Waals surface area contributed by atoms with Gasteiger partial charge >= 0.3 is 0 Å². The van der Waals surface area contributed by atoms with Crippen LogP contribution in [0.1, 0.15) is 30.2 Å². The highest BCUT2D eigenvalue weighted by molar-refractivity contribution is 5.48. The molecule has 0 saturated heterocycles. The Hall–Kier alpha value is -1.97. The Labute approximate surface area is 118 Å². The van der Waals surface area contributed by atoms with Gasteiger partial charge in [-0.1, -0.05) is 12.1 Å². The van der Waals surface area contributed by atoms with Crippen molar-refractivity contribution in [2.45, 2.75) is 38.6 Å². The summed E-state index contributed by atoms with van der Waals surface area (Å²) in [5.41, 5.74) is 3.56. The van der Waals surface area contributed by atoms with Gasteiger partial charge in [0.25, 0.3) is 0 Å². The van der Waals surface area contributed by atoms with Gasteiger partial charge in [-0.2, -0.15) is 0 Å². The van der Waals surface area contributed by atoms with Crippen LogP contribution in [-0.4, -0.2) is 16.0 Å². The van der Waals surface area contributed by atoms with Crippen LogP contribution in [0.25, 0.3) is 0 Å². The molecule has 1 aromatic carbocycles. The Balaban J connectivity index is 1.69. The molecule has 1 unspecified atom stereocenters. The maximum Gasteiger partial charge on any atom is 0.133 e. The minimum atomic E-state index is -0.192. The van der Waals surface area contributed by atoms with E-state index in [1.165, 1.54) is 23.4 Å². The predicted octanol–water partition coefficient (Wildman–Crippen LogP) is 3.15. The molecule has 1 heterocycles. The highest BCUT2D eigenvalue weighted by Crippen LogP contribution is 2.25. The molecule has 20 heavy (non-hydrogen) atoms. The van der Waals surface area contributed by atoms with E-state index in [1.54, 1.807) is 6.33 Å². The van der Waals surface area contributed by atoms with Gasteiger partial charge in [0.15, 0.2) is 0 Å². The predicted molar refractivity (Wildman–Crippen MR) is 77.2 cm³/mol. The van der Waals surface area contributed by atoms with E-state index < -0.39 is 0 Å². The molecule has 0 radical (unpaired) electrons. The van der Waals surface area contributed by atoms with Gasteiger partial charge in [0.2, 0.25) is 0 Å². The number of benzene rings is 1. The molecule has 3 nitrogen and oxygen atoms in total. The molecule has 4 heteroatoms. The Bertz CT molecular complexity index is 595. The van der Waals surface area contributed by atoms with Crippen LogP contribution < -0.4 is 5.32 Å². The number of aryl methyl sites for hydroxylation is 1. The summed E-state index contributed by atoms with van der Waals surface area (Å²) in [6.07, 6.45) is 5.76. The number of nitrogens with one attached hydrogen (secondary N) is 1. The molecule has 1 atom stereocenters. The Morgan fingerprint density at radius 2 is 2.00 bits per heavy atom. The van der Waals surface area contributed by atoms with Crippen LogP contribution in [0.5, 0.6) is 0 Å². The average molecular weight is 271 g/mol. The Kier molecular flexibility index (Phi) is 3.63. The molecule has 104 valence electrons. The van der Waals surface area contributed by atoms with Crippen molar-refractivity contribution in [3.05, 3.63) is 53.2 Å². The quantitative estimate of drug-likeness (QED) is 0.928. The van der Waals surface area contributed by atoms with E-state index in [-0.39, 0.29) is 11.9 Å². The number of fused-ring (bicyclic) bond motifs is 1. The Morgan fingerprint density at radius 1 is 1.20 bits per heavy atom. The lowest BCUT2D eigenvalue weighted by atomic mass is 10.1. The molecule has 1 N–H and O–H groups in total. The third kappa shape index (κ3) is 2.79. The summed E-state index contributed by atoms with van der Waals surface area (Å²) < 4.78 is 12.9. The summed E-state index contributed by atoms with van der Waals surface area (Å²) in [6, 6.07) is 6.92. The zero-order chi connectivity index (χ0) is 13.9.